The molecule has 4 aromatic rings. The first-order valence-corrected chi connectivity index (χ1v) is 11.0. The number of morpholine rings is 1. The first-order chi connectivity index (χ1) is 15.7. The van der Waals surface area contributed by atoms with E-state index in [9.17, 15) is 8.78 Å². The zero-order chi connectivity index (χ0) is 21.9. The van der Waals surface area contributed by atoms with Crippen molar-refractivity contribution < 1.29 is 17.9 Å². The second-order valence-corrected chi connectivity index (χ2v) is 8.08. The lowest BCUT2D eigenvalue weighted by molar-refractivity contribution is 0.122. The van der Waals surface area contributed by atoms with Crippen molar-refractivity contribution in [3.05, 3.63) is 72.1 Å². The molecule has 0 radical (unpaired) electrons. The van der Waals surface area contributed by atoms with Gasteiger partial charge in [0.05, 0.1) is 24.6 Å². The molecule has 0 saturated carbocycles. The molecule has 7 nitrogen and oxygen atoms in total. The van der Waals surface area contributed by atoms with Crippen LogP contribution in [-0.2, 0) is 10.5 Å². The number of nitrogens with zero attached hydrogens (tertiary/aromatic N) is 5. The highest BCUT2D eigenvalue weighted by Gasteiger charge is 2.22. The van der Waals surface area contributed by atoms with Gasteiger partial charge in [0.25, 0.3) is 0 Å². The normalized spacial score (nSPS) is 14.1. The van der Waals surface area contributed by atoms with Gasteiger partial charge in [-0.25, -0.2) is 13.8 Å². The second kappa shape index (κ2) is 9.09. The van der Waals surface area contributed by atoms with Crippen LogP contribution in [0.2, 0.25) is 0 Å². The van der Waals surface area contributed by atoms with Crippen molar-refractivity contribution in [1.29, 1.82) is 0 Å². The summed E-state index contributed by atoms with van der Waals surface area (Å²) >= 11 is 1.41. The number of benzene rings is 2. The lowest BCUT2D eigenvalue weighted by Gasteiger charge is -2.27. The summed E-state index contributed by atoms with van der Waals surface area (Å²) in [6, 6.07) is 12.4. The smallest absolute Gasteiger partial charge is 0.232 e. The molecule has 0 unspecified atom stereocenters. The Balaban J connectivity index is 1.41. The van der Waals surface area contributed by atoms with Gasteiger partial charge in [0.15, 0.2) is 5.16 Å². The van der Waals surface area contributed by atoms with E-state index in [1.807, 2.05) is 10.6 Å². The average molecular weight is 455 g/mol. The SMILES string of the molecule is Fc1cccc(-c2nc(CSc3nnc(N4CCOCC4)n3-c3cccc(F)c3)co2)c1. The molecule has 1 aliphatic rings. The van der Waals surface area contributed by atoms with Gasteiger partial charge in [0, 0.05) is 24.4 Å². The van der Waals surface area contributed by atoms with Gasteiger partial charge in [0.1, 0.15) is 17.9 Å². The first kappa shape index (κ1) is 20.7. The molecule has 0 N–H and O–H groups in total. The number of aromatic nitrogens is 4. The molecule has 1 aliphatic heterocycles. The minimum Gasteiger partial charge on any atom is -0.444 e. The number of ether oxygens (including phenoxy) is 1. The number of anilines is 1. The standard InChI is InChI=1S/C22H19F2N5O2S/c23-16-4-1-3-15(11-16)20-25-18(13-31-20)14-32-22-27-26-21(28-7-9-30-10-8-28)29(22)19-6-2-5-17(24)12-19/h1-6,11-13H,7-10,14H2. The van der Waals surface area contributed by atoms with Crippen LogP contribution in [0.25, 0.3) is 17.1 Å². The number of thioether (sulfide) groups is 1. The third-order valence-corrected chi connectivity index (χ3v) is 5.91. The van der Waals surface area contributed by atoms with Crippen molar-refractivity contribution in [2.75, 3.05) is 31.2 Å². The first-order valence-electron chi connectivity index (χ1n) is 10.0. The van der Waals surface area contributed by atoms with Crippen LogP contribution in [0.1, 0.15) is 5.69 Å². The summed E-state index contributed by atoms with van der Waals surface area (Å²) in [5.74, 6) is 0.754. The minimum absolute atomic E-state index is 0.337. The van der Waals surface area contributed by atoms with Gasteiger partial charge in [-0.2, -0.15) is 0 Å². The van der Waals surface area contributed by atoms with E-state index in [0.29, 0.717) is 66.0 Å². The molecule has 0 atom stereocenters. The number of oxazole rings is 1. The third kappa shape index (κ3) is 4.37. The topological polar surface area (TPSA) is 69.2 Å². The van der Waals surface area contributed by atoms with Crippen molar-refractivity contribution in [2.45, 2.75) is 10.9 Å². The van der Waals surface area contributed by atoms with Crippen LogP contribution in [0.3, 0.4) is 0 Å². The predicted molar refractivity (Wildman–Crippen MR) is 116 cm³/mol. The van der Waals surface area contributed by atoms with E-state index in [-0.39, 0.29) is 11.6 Å². The van der Waals surface area contributed by atoms with Crippen LogP contribution >= 0.6 is 11.8 Å². The molecule has 2 aromatic heterocycles. The molecule has 0 spiro atoms. The van der Waals surface area contributed by atoms with Crippen molar-refractivity contribution in [3.8, 4) is 17.1 Å². The molecule has 32 heavy (non-hydrogen) atoms. The van der Waals surface area contributed by atoms with Gasteiger partial charge in [-0.1, -0.05) is 23.9 Å². The fourth-order valence-corrected chi connectivity index (χ4v) is 4.26. The molecule has 164 valence electrons. The van der Waals surface area contributed by atoms with Crippen LogP contribution < -0.4 is 4.90 Å². The van der Waals surface area contributed by atoms with E-state index < -0.39 is 0 Å². The maximum atomic E-state index is 14.0. The number of hydrogen-bond acceptors (Lipinski definition) is 7. The van der Waals surface area contributed by atoms with Gasteiger partial charge in [-0.05, 0) is 36.4 Å². The van der Waals surface area contributed by atoms with Crippen molar-refractivity contribution in [3.63, 3.8) is 0 Å². The monoisotopic (exact) mass is 455 g/mol. The van der Waals surface area contributed by atoms with Gasteiger partial charge in [-0.15, -0.1) is 10.2 Å². The zero-order valence-electron chi connectivity index (χ0n) is 16.9. The van der Waals surface area contributed by atoms with Gasteiger partial charge >= 0.3 is 0 Å². The van der Waals surface area contributed by atoms with E-state index in [4.69, 9.17) is 9.15 Å². The van der Waals surface area contributed by atoms with Crippen LogP contribution in [0.15, 0.2) is 64.4 Å². The van der Waals surface area contributed by atoms with E-state index in [2.05, 4.69) is 20.1 Å². The third-order valence-electron chi connectivity index (χ3n) is 4.95. The quantitative estimate of drug-likeness (QED) is 0.401. The van der Waals surface area contributed by atoms with Crippen molar-refractivity contribution >= 4 is 17.7 Å². The Bertz CT molecular complexity index is 1220. The number of halogens is 2. The highest BCUT2D eigenvalue weighted by atomic mass is 32.2. The molecule has 10 heteroatoms. The minimum atomic E-state index is -0.351. The maximum absolute atomic E-state index is 14.0. The van der Waals surface area contributed by atoms with Gasteiger partial charge in [-0.3, -0.25) is 4.57 Å². The van der Waals surface area contributed by atoms with Crippen molar-refractivity contribution in [1.82, 2.24) is 19.7 Å². The van der Waals surface area contributed by atoms with Crippen LogP contribution in [0.5, 0.6) is 0 Å². The molecule has 1 fully saturated rings. The highest BCUT2D eigenvalue weighted by Crippen LogP contribution is 2.30. The molecule has 1 saturated heterocycles. The number of rotatable bonds is 6. The molecule has 3 heterocycles. The average Bonchev–Trinajstić information content (AvgIpc) is 3.46. The van der Waals surface area contributed by atoms with Crippen LogP contribution in [0, 0.1) is 11.6 Å². The van der Waals surface area contributed by atoms with Gasteiger partial charge in [0.2, 0.25) is 11.8 Å². The highest BCUT2D eigenvalue weighted by molar-refractivity contribution is 7.98. The maximum Gasteiger partial charge on any atom is 0.232 e. The Hall–Kier alpha value is -3.24. The molecule has 0 bridgehead atoms. The van der Waals surface area contributed by atoms with E-state index in [1.54, 1.807) is 24.5 Å². The summed E-state index contributed by atoms with van der Waals surface area (Å²) in [6.45, 7) is 2.55. The van der Waals surface area contributed by atoms with E-state index >= 15 is 0 Å². The van der Waals surface area contributed by atoms with Crippen LogP contribution in [0.4, 0.5) is 14.7 Å². The Kier molecular flexibility index (Phi) is 5.87. The lowest BCUT2D eigenvalue weighted by atomic mass is 10.2. The summed E-state index contributed by atoms with van der Waals surface area (Å²) in [7, 11) is 0. The molecular formula is C22H19F2N5O2S. The van der Waals surface area contributed by atoms with Crippen LogP contribution in [-0.4, -0.2) is 46.1 Å². The molecular weight excluding hydrogens is 436 g/mol. The van der Waals surface area contributed by atoms with Crippen molar-refractivity contribution in [2.24, 2.45) is 0 Å². The molecule has 0 aliphatic carbocycles. The van der Waals surface area contributed by atoms with E-state index in [0.717, 1.165) is 0 Å². The fraction of sp³-hybridized carbons (Fsp3) is 0.227. The fourth-order valence-electron chi connectivity index (χ4n) is 3.43. The molecule has 0 amide bonds. The zero-order valence-corrected chi connectivity index (χ0v) is 17.8. The summed E-state index contributed by atoms with van der Waals surface area (Å²) in [5, 5.41) is 9.33. The Morgan fingerprint density at radius 3 is 2.53 bits per heavy atom. The van der Waals surface area contributed by atoms with E-state index in [1.165, 1.54) is 36.0 Å². The summed E-state index contributed by atoms with van der Waals surface area (Å²) < 4.78 is 40.3. The second-order valence-electron chi connectivity index (χ2n) is 7.14. The summed E-state index contributed by atoms with van der Waals surface area (Å²) in [4.78, 5) is 6.52. The largest absolute Gasteiger partial charge is 0.444 e. The predicted octanol–water partition coefficient (Wildman–Crippen LogP) is 4.33. The Labute approximate surface area is 187 Å². The molecule has 2 aromatic carbocycles. The lowest BCUT2D eigenvalue weighted by Crippen LogP contribution is -2.37. The van der Waals surface area contributed by atoms with Gasteiger partial charge < -0.3 is 14.1 Å². The Morgan fingerprint density at radius 2 is 1.75 bits per heavy atom. The molecule has 5 rings (SSSR count). The Morgan fingerprint density at radius 1 is 0.969 bits per heavy atom. The number of hydrogen-bond donors (Lipinski definition) is 0. The summed E-state index contributed by atoms with van der Waals surface area (Å²) in [5.41, 5.74) is 1.88. The summed E-state index contributed by atoms with van der Waals surface area (Å²) in [6.07, 6.45) is 1.54.